The van der Waals surface area contributed by atoms with E-state index in [1.165, 1.54) is 0 Å². The lowest BCUT2D eigenvalue weighted by Gasteiger charge is -2.38. The summed E-state index contributed by atoms with van der Waals surface area (Å²) in [6.07, 6.45) is 0. The molecule has 1 aliphatic rings. The first-order valence-corrected chi connectivity index (χ1v) is 6.50. The Labute approximate surface area is 109 Å². The van der Waals surface area contributed by atoms with Crippen LogP contribution >= 0.6 is 0 Å². The highest BCUT2D eigenvalue weighted by Crippen LogP contribution is 2.19. The third kappa shape index (κ3) is 3.09. The highest BCUT2D eigenvalue weighted by Gasteiger charge is 2.30. The van der Waals surface area contributed by atoms with Crippen LogP contribution in [0.25, 0.3) is 0 Å². The molecule has 1 atom stereocenters. The molecule has 3 N–H and O–H groups in total. The summed E-state index contributed by atoms with van der Waals surface area (Å²) in [5.41, 5.74) is 6.73. The highest BCUT2D eigenvalue weighted by molar-refractivity contribution is 5.24. The van der Waals surface area contributed by atoms with E-state index in [2.05, 4.69) is 16.8 Å². The minimum atomic E-state index is -0.656. The van der Waals surface area contributed by atoms with Gasteiger partial charge >= 0.3 is 0 Å². The lowest BCUT2D eigenvalue weighted by atomic mass is 9.91. The summed E-state index contributed by atoms with van der Waals surface area (Å²) in [6, 6.07) is 9.89. The number of benzene rings is 1. The molecule has 0 saturated carbocycles. The molecule has 1 unspecified atom stereocenters. The zero-order chi connectivity index (χ0) is 13.0. The molecule has 1 aliphatic heterocycles. The van der Waals surface area contributed by atoms with Crippen molar-refractivity contribution < 1.29 is 5.11 Å². The molecule has 0 spiro atoms. The summed E-state index contributed by atoms with van der Waals surface area (Å²) in [6.45, 7) is 4.85. The third-order valence-electron chi connectivity index (χ3n) is 3.73. The van der Waals surface area contributed by atoms with Crippen LogP contribution in [0.2, 0.25) is 0 Å². The van der Waals surface area contributed by atoms with E-state index < -0.39 is 5.54 Å². The van der Waals surface area contributed by atoms with E-state index in [1.54, 1.807) is 0 Å². The van der Waals surface area contributed by atoms with E-state index in [0.29, 0.717) is 6.54 Å². The fourth-order valence-corrected chi connectivity index (χ4v) is 2.41. The van der Waals surface area contributed by atoms with Crippen LogP contribution in [0.5, 0.6) is 0 Å². The topological polar surface area (TPSA) is 52.7 Å². The second-order valence-corrected chi connectivity index (χ2v) is 5.26. The van der Waals surface area contributed by atoms with E-state index in [-0.39, 0.29) is 6.61 Å². The predicted molar refractivity (Wildman–Crippen MR) is 73.3 cm³/mol. The number of hydrogen-bond acceptors (Lipinski definition) is 4. The molecule has 0 radical (unpaired) electrons. The Hall–Kier alpha value is -0.940. The van der Waals surface area contributed by atoms with Gasteiger partial charge in [-0.1, -0.05) is 30.3 Å². The minimum Gasteiger partial charge on any atom is -0.394 e. The third-order valence-corrected chi connectivity index (χ3v) is 3.73. The second kappa shape index (κ2) is 5.80. The number of piperazine rings is 1. The van der Waals surface area contributed by atoms with Crippen molar-refractivity contribution in [2.75, 3.05) is 46.4 Å². The molecule has 100 valence electrons. The van der Waals surface area contributed by atoms with Gasteiger partial charge in [0, 0.05) is 32.7 Å². The van der Waals surface area contributed by atoms with E-state index in [1.807, 2.05) is 30.3 Å². The normalized spacial score (nSPS) is 21.7. The molecule has 4 nitrogen and oxygen atoms in total. The summed E-state index contributed by atoms with van der Waals surface area (Å²) < 4.78 is 0. The number of rotatable bonds is 4. The molecule has 1 fully saturated rings. The van der Waals surface area contributed by atoms with E-state index in [9.17, 15) is 5.11 Å². The molecule has 0 aliphatic carbocycles. The first kappa shape index (κ1) is 13.5. The molecule has 0 aromatic heterocycles. The van der Waals surface area contributed by atoms with Crippen LogP contribution in [0.1, 0.15) is 5.56 Å². The molecular weight excluding hydrogens is 226 g/mol. The molecule has 1 aromatic rings. The van der Waals surface area contributed by atoms with Gasteiger partial charge in [-0.15, -0.1) is 0 Å². The van der Waals surface area contributed by atoms with Crippen molar-refractivity contribution in [1.82, 2.24) is 9.80 Å². The molecule has 1 saturated heterocycles. The highest BCUT2D eigenvalue weighted by atomic mass is 16.3. The van der Waals surface area contributed by atoms with Gasteiger partial charge < -0.3 is 15.7 Å². The Morgan fingerprint density at radius 2 is 1.78 bits per heavy atom. The Bertz CT molecular complexity index is 363. The number of aliphatic hydroxyl groups excluding tert-OH is 1. The standard InChI is InChI=1S/C14H23N3O/c1-16-7-9-17(10-8-16)11-14(15,12-18)13-5-3-2-4-6-13/h2-6,18H,7-12,15H2,1H3. The van der Waals surface area contributed by atoms with Gasteiger partial charge in [-0.25, -0.2) is 0 Å². The van der Waals surface area contributed by atoms with Gasteiger partial charge in [-0.05, 0) is 12.6 Å². The summed E-state index contributed by atoms with van der Waals surface area (Å²) in [4.78, 5) is 4.65. The minimum absolute atomic E-state index is 0.0245. The molecule has 0 bridgehead atoms. The largest absolute Gasteiger partial charge is 0.394 e. The van der Waals surface area contributed by atoms with Gasteiger partial charge in [0.05, 0.1) is 12.1 Å². The van der Waals surface area contributed by atoms with Crippen LogP contribution in [0, 0.1) is 0 Å². The SMILES string of the molecule is CN1CCN(CC(N)(CO)c2ccccc2)CC1. The smallest absolute Gasteiger partial charge is 0.0772 e. The Morgan fingerprint density at radius 1 is 1.17 bits per heavy atom. The number of nitrogens with two attached hydrogens (primary N) is 1. The fourth-order valence-electron chi connectivity index (χ4n) is 2.41. The zero-order valence-corrected chi connectivity index (χ0v) is 11.0. The summed E-state index contributed by atoms with van der Waals surface area (Å²) in [7, 11) is 2.14. The average Bonchev–Trinajstić information content (AvgIpc) is 2.42. The van der Waals surface area contributed by atoms with E-state index >= 15 is 0 Å². The maximum Gasteiger partial charge on any atom is 0.0772 e. The van der Waals surface area contributed by atoms with Crippen LogP contribution in [0.3, 0.4) is 0 Å². The van der Waals surface area contributed by atoms with Crippen molar-refractivity contribution in [3.8, 4) is 0 Å². The van der Waals surface area contributed by atoms with Crippen LogP contribution in [-0.4, -0.2) is 61.3 Å². The first-order chi connectivity index (χ1) is 8.64. The van der Waals surface area contributed by atoms with Crippen molar-refractivity contribution in [2.45, 2.75) is 5.54 Å². The maximum absolute atomic E-state index is 9.66. The van der Waals surface area contributed by atoms with Crippen LogP contribution in [0.4, 0.5) is 0 Å². The lowest BCUT2D eigenvalue weighted by molar-refractivity contribution is 0.0967. The average molecular weight is 249 g/mol. The van der Waals surface area contributed by atoms with Gasteiger partial charge in [0.2, 0.25) is 0 Å². The van der Waals surface area contributed by atoms with Crippen molar-refractivity contribution in [3.05, 3.63) is 35.9 Å². The molecule has 0 amide bonds. The van der Waals surface area contributed by atoms with Crippen molar-refractivity contribution >= 4 is 0 Å². The summed E-state index contributed by atoms with van der Waals surface area (Å²) in [5.74, 6) is 0. The zero-order valence-electron chi connectivity index (χ0n) is 11.0. The van der Waals surface area contributed by atoms with E-state index in [4.69, 9.17) is 5.73 Å². The molecular formula is C14H23N3O. The lowest BCUT2D eigenvalue weighted by Crippen LogP contribution is -2.54. The Morgan fingerprint density at radius 3 is 2.33 bits per heavy atom. The maximum atomic E-state index is 9.66. The monoisotopic (exact) mass is 249 g/mol. The summed E-state index contributed by atoms with van der Waals surface area (Å²) in [5, 5.41) is 9.66. The fraction of sp³-hybridized carbons (Fsp3) is 0.571. The van der Waals surface area contributed by atoms with Crippen LogP contribution in [-0.2, 0) is 5.54 Å². The number of hydrogen-bond donors (Lipinski definition) is 2. The van der Waals surface area contributed by atoms with E-state index in [0.717, 1.165) is 31.7 Å². The van der Waals surface area contributed by atoms with Crippen LogP contribution < -0.4 is 5.73 Å². The number of nitrogens with zero attached hydrogens (tertiary/aromatic N) is 2. The molecule has 2 rings (SSSR count). The molecule has 18 heavy (non-hydrogen) atoms. The van der Waals surface area contributed by atoms with Crippen molar-refractivity contribution in [1.29, 1.82) is 0 Å². The van der Waals surface area contributed by atoms with Gasteiger partial charge in [0.15, 0.2) is 0 Å². The van der Waals surface area contributed by atoms with Crippen molar-refractivity contribution in [2.24, 2.45) is 5.73 Å². The van der Waals surface area contributed by atoms with Crippen molar-refractivity contribution in [3.63, 3.8) is 0 Å². The number of aliphatic hydroxyl groups is 1. The Kier molecular flexibility index (Phi) is 4.35. The summed E-state index contributed by atoms with van der Waals surface area (Å²) >= 11 is 0. The van der Waals surface area contributed by atoms with Crippen LogP contribution in [0.15, 0.2) is 30.3 Å². The van der Waals surface area contributed by atoms with Gasteiger partial charge in [-0.2, -0.15) is 0 Å². The predicted octanol–water partition coefficient (Wildman–Crippen LogP) is 0.0803. The van der Waals surface area contributed by atoms with Gasteiger partial charge in [0.1, 0.15) is 0 Å². The second-order valence-electron chi connectivity index (χ2n) is 5.26. The molecule has 1 aromatic carbocycles. The van der Waals surface area contributed by atoms with Gasteiger partial charge in [-0.3, -0.25) is 4.90 Å². The molecule has 4 heteroatoms. The Balaban J connectivity index is 2.04. The quantitative estimate of drug-likeness (QED) is 0.793. The molecule has 1 heterocycles. The first-order valence-electron chi connectivity index (χ1n) is 6.50. The van der Waals surface area contributed by atoms with Gasteiger partial charge in [0.25, 0.3) is 0 Å². The number of likely N-dealkylation sites (N-methyl/N-ethyl adjacent to an activating group) is 1.